The van der Waals surface area contributed by atoms with Gasteiger partial charge in [-0.25, -0.2) is 4.68 Å². The van der Waals surface area contributed by atoms with Crippen molar-refractivity contribution in [1.29, 1.82) is 0 Å². The van der Waals surface area contributed by atoms with Gasteiger partial charge in [0.25, 0.3) is 0 Å². The Bertz CT molecular complexity index is 455. The Labute approximate surface area is 127 Å². The normalized spacial score (nSPS) is 20.8. The molecule has 2 heterocycles. The second-order valence-corrected chi connectivity index (χ2v) is 5.81. The van der Waals surface area contributed by atoms with Crippen molar-refractivity contribution in [2.75, 3.05) is 33.9 Å². The zero-order valence-electron chi connectivity index (χ0n) is 13.6. The van der Waals surface area contributed by atoms with Crippen LogP contribution in [0.15, 0.2) is 0 Å². The van der Waals surface area contributed by atoms with Crippen molar-refractivity contribution in [3.63, 3.8) is 0 Å². The number of aryl methyl sites for hydroxylation is 2. The molecule has 2 rings (SSSR count). The lowest BCUT2D eigenvalue weighted by molar-refractivity contribution is -0.00797. The predicted octanol–water partition coefficient (Wildman–Crippen LogP) is 1.24. The van der Waals surface area contributed by atoms with Crippen molar-refractivity contribution in [3.05, 3.63) is 11.3 Å². The molecule has 0 bridgehead atoms. The lowest BCUT2D eigenvalue weighted by Gasteiger charge is -2.32. The van der Waals surface area contributed by atoms with Gasteiger partial charge in [0.05, 0.1) is 30.5 Å². The molecule has 0 aliphatic carbocycles. The van der Waals surface area contributed by atoms with E-state index >= 15 is 0 Å². The summed E-state index contributed by atoms with van der Waals surface area (Å²) in [5.74, 6) is 0.791. The van der Waals surface area contributed by atoms with Crippen LogP contribution < -0.4 is 10.5 Å². The smallest absolute Gasteiger partial charge is 0.216 e. The van der Waals surface area contributed by atoms with Gasteiger partial charge >= 0.3 is 0 Å². The summed E-state index contributed by atoms with van der Waals surface area (Å²) in [4.78, 5) is 2.27. The van der Waals surface area contributed by atoms with Gasteiger partial charge in [-0.15, -0.1) is 0 Å². The highest BCUT2D eigenvalue weighted by Crippen LogP contribution is 2.31. The van der Waals surface area contributed by atoms with Crippen LogP contribution >= 0.6 is 0 Å². The molecule has 6 heteroatoms. The van der Waals surface area contributed by atoms with Gasteiger partial charge in [-0.1, -0.05) is 0 Å². The van der Waals surface area contributed by atoms with Gasteiger partial charge in [-0.3, -0.25) is 4.90 Å². The van der Waals surface area contributed by atoms with Gasteiger partial charge in [0.2, 0.25) is 5.88 Å². The maximum atomic E-state index is 6.04. The minimum absolute atomic E-state index is 0.0965. The number of ether oxygens (including phenoxy) is 2. The Morgan fingerprint density at radius 1 is 1.52 bits per heavy atom. The molecule has 21 heavy (non-hydrogen) atoms. The van der Waals surface area contributed by atoms with Crippen LogP contribution in [0, 0.1) is 6.92 Å². The molecule has 1 aliphatic rings. The number of nitrogens with two attached hydrogens (primary N) is 1. The highest BCUT2D eigenvalue weighted by Gasteiger charge is 2.27. The van der Waals surface area contributed by atoms with E-state index in [1.165, 1.54) is 12.8 Å². The van der Waals surface area contributed by atoms with Gasteiger partial charge in [0.15, 0.2) is 0 Å². The van der Waals surface area contributed by atoms with Gasteiger partial charge < -0.3 is 15.2 Å². The minimum atomic E-state index is 0.0965. The van der Waals surface area contributed by atoms with Crippen LogP contribution in [0.3, 0.4) is 0 Å². The zero-order chi connectivity index (χ0) is 15.4. The van der Waals surface area contributed by atoms with E-state index in [0.717, 1.165) is 36.7 Å². The molecule has 1 aliphatic heterocycles. The van der Waals surface area contributed by atoms with Crippen LogP contribution in [-0.4, -0.2) is 54.6 Å². The highest BCUT2D eigenvalue weighted by molar-refractivity contribution is 5.34. The van der Waals surface area contributed by atoms with Crippen molar-refractivity contribution in [2.45, 2.75) is 38.3 Å². The maximum Gasteiger partial charge on any atom is 0.216 e. The summed E-state index contributed by atoms with van der Waals surface area (Å²) in [5, 5.41) is 4.46. The number of likely N-dealkylation sites (N-methyl/N-ethyl adjacent to an activating group) is 1. The summed E-state index contributed by atoms with van der Waals surface area (Å²) in [6, 6.07) is 0.0965. The summed E-state index contributed by atoms with van der Waals surface area (Å²) in [5.41, 5.74) is 8.09. The number of hydrogen-bond donors (Lipinski definition) is 1. The second-order valence-electron chi connectivity index (χ2n) is 5.81. The third kappa shape index (κ3) is 3.56. The molecule has 1 aromatic heterocycles. The lowest BCUT2D eigenvalue weighted by Crippen LogP contribution is -2.38. The van der Waals surface area contributed by atoms with E-state index in [4.69, 9.17) is 15.2 Å². The molecule has 2 N–H and O–H groups in total. The summed E-state index contributed by atoms with van der Waals surface area (Å²) in [7, 11) is 5.67. The van der Waals surface area contributed by atoms with E-state index in [9.17, 15) is 0 Å². The molecule has 2 atom stereocenters. The van der Waals surface area contributed by atoms with Crippen LogP contribution in [0.25, 0.3) is 0 Å². The molecule has 0 amide bonds. The largest absolute Gasteiger partial charge is 0.481 e. The molecule has 1 saturated heterocycles. The van der Waals surface area contributed by atoms with Crippen LogP contribution in [-0.2, 0) is 11.8 Å². The first-order chi connectivity index (χ1) is 10.1. The molecular formula is C15H28N4O2. The minimum Gasteiger partial charge on any atom is -0.481 e. The molecule has 6 nitrogen and oxygen atoms in total. The molecule has 1 fully saturated rings. The molecule has 120 valence electrons. The second kappa shape index (κ2) is 7.24. The highest BCUT2D eigenvalue weighted by atomic mass is 16.5. The number of nitrogens with zero attached hydrogens (tertiary/aromatic N) is 3. The summed E-state index contributed by atoms with van der Waals surface area (Å²) < 4.78 is 13.1. The fourth-order valence-corrected chi connectivity index (χ4v) is 3.20. The fraction of sp³-hybridized carbons (Fsp3) is 0.800. The number of aromatic nitrogens is 2. The molecule has 0 radical (unpaired) electrons. The van der Waals surface area contributed by atoms with E-state index < -0.39 is 0 Å². The molecule has 1 aromatic rings. The predicted molar refractivity (Wildman–Crippen MR) is 82.5 cm³/mol. The van der Waals surface area contributed by atoms with E-state index in [1.54, 1.807) is 11.8 Å². The van der Waals surface area contributed by atoms with Crippen molar-refractivity contribution in [3.8, 4) is 5.88 Å². The van der Waals surface area contributed by atoms with E-state index in [2.05, 4.69) is 17.0 Å². The first-order valence-corrected chi connectivity index (χ1v) is 7.67. The van der Waals surface area contributed by atoms with E-state index in [-0.39, 0.29) is 6.04 Å². The molecule has 0 saturated carbocycles. The van der Waals surface area contributed by atoms with Crippen molar-refractivity contribution in [1.82, 2.24) is 14.7 Å². The standard InChI is InChI=1S/C15H28N4O2/c1-11-14(15(20-4)19(3)17-11)13(9-16)18(2)10-12-7-5-6-8-21-12/h12-13H,5-10,16H2,1-4H3. The fourth-order valence-electron chi connectivity index (χ4n) is 3.20. The van der Waals surface area contributed by atoms with Crippen molar-refractivity contribution in [2.24, 2.45) is 12.8 Å². The number of rotatable bonds is 6. The Morgan fingerprint density at radius 2 is 2.29 bits per heavy atom. The van der Waals surface area contributed by atoms with Gasteiger partial charge in [-0.2, -0.15) is 5.10 Å². The third-order valence-corrected chi connectivity index (χ3v) is 4.26. The first-order valence-electron chi connectivity index (χ1n) is 7.67. The Balaban J connectivity index is 2.14. The maximum absolute atomic E-state index is 6.04. The molecule has 0 spiro atoms. The van der Waals surface area contributed by atoms with Crippen LogP contribution in [0.5, 0.6) is 5.88 Å². The Morgan fingerprint density at radius 3 is 2.86 bits per heavy atom. The van der Waals surface area contributed by atoms with Crippen LogP contribution in [0.2, 0.25) is 0 Å². The van der Waals surface area contributed by atoms with Gasteiger partial charge in [0.1, 0.15) is 0 Å². The monoisotopic (exact) mass is 296 g/mol. The first kappa shape index (κ1) is 16.3. The van der Waals surface area contributed by atoms with Gasteiger partial charge in [-0.05, 0) is 33.2 Å². The number of hydrogen-bond acceptors (Lipinski definition) is 5. The average Bonchev–Trinajstić information content (AvgIpc) is 2.75. The number of methoxy groups -OCH3 is 1. The Hall–Kier alpha value is -1.11. The van der Waals surface area contributed by atoms with E-state index in [1.807, 2.05) is 14.0 Å². The van der Waals surface area contributed by atoms with Crippen molar-refractivity contribution >= 4 is 0 Å². The zero-order valence-corrected chi connectivity index (χ0v) is 13.6. The summed E-state index contributed by atoms with van der Waals surface area (Å²) >= 11 is 0. The topological polar surface area (TPSA) is 65.5 Å². The van der Waals surface area contributed by atoms with Crippen LogP contribution in [0.1, 0.15) is 36.6 Å². The molecule has 2 unspecified atom stereocenters. The van der Waals surface area contributed by atoms with Gasteiger partial charge in [0, 0.05) is 26.7 Å². The SMILES string of the molecule is COc1c(C(CN)N(C)CC2CCCCO2)c(C)nn1C. The summed E-state index contributed by atoms with van der Waals surface area (Å²) in [6.45, 7) is 4.30. The molecular weight excluding hydrogens is 268 g/mol. The third-order valence-electron chi connectivity index (χ3n) is 4.26. The van der Waals surface area contributed by atoms with E-state index in [0.29, 0.717) is 12.6 Å². The quantitative estimate of drug-likeness (QED) is 0.855. The average molecular weight is 296 g/mol. The van der Waals surface area contributed by atoms with Crippen molar-refractivity contribution < 1.29 is 9.47 Å². The Kier molecular flexibility index (Phi) is 5.61. The summed E-state index contributed by atoms with van der Waals surface area (Å²) in [6.07, 6.45) is 3.86. The lowest BCUT2D eigenvalue weighted by atomic mass is 10.0. The van der Waals surface area contributed by atoms with Crippen LogP contribution in [0.4, 0.5) is 0 Å². The molecule has 0 aromatic carbocycles.